The zero-order valence-corrected chi connectivity index (χ0v) is 19.5. The average molecular weight is 458 g/mol. The Balaban J connectivity index is 1.22. The lowest BCUT2D eigenvalue weighted by molar-refractivity contribution is 0.116. The predicted octanol–water partition coefficient (Wildman–Crippen LogP) is 5.74. The molecule has 2 amide bonds. The summed E-state index contributed by atoms with van der Waals surface area (Å²) >= 11 is 0. The SMILES string of the molecule is O=C(Nc1ccccc1)N1Cc2ccccc2CC1CN1CCC(Cc2ccc(F)cc2)CC1. The minimum Gasteiger partial charge on any atom is -0.316 e. The van der Waals surface area contributed by atoms with Gasteiger partial charge in [-0.3, -0.25) is 0 Å². The van der Waals surface area contributed by atoms with E-state index in [-0.39, 0.29) is 17.9 Å². The van der Waals surface area contributed by atoms with Crippen LogP contribution in [-0.4, -0.2) is 41.5 Å². The second kappa shape index (κ2) is 10.4. The van der Waals surface area contributed by atoms with E-state index in [1.54, 1.807) is 12.1 Å². The molecule has 5 heteroatoms. The number of fused-ring (bicyclic) bond motifs is 1. The van der Waals surface area contributed by atoms with Gasteiger partial charge < -0.3 is 15.1 Å². The highest BCUT2D eigenvalue weighted by Crippen LogP contribution is 2.27. The number of hydrogen-bond donors (Lipinski definition) is 1. The summed E-state index contributed by atoms with van der Waals surface area (Å²) in [6.45, 7) is 3.61. The number of hydrogen-bond acceptors (Lipinski definition) is 2. The topological polar surface area (TPSA) is 35.6 Å². The lowest BCUT2D eigenvalue weighted by Crippen LogP contribution is -2.52. The number of nitrogens with one attached hydrogen (secondary N) is 1. The molecule has 176 valence electrons. The highest BCUT2D eigenvalue weighted by molar-refractivity contribution is 5.89. The molecule has 2 aliphatic rings. The van der Waals surface area contributed by atoms with Crippen LogP contribution in [0.25, 0.3) is 0 Å². The normalized spacial score (nSPS) is 19.0. The van der Waals surface area contributed by atoms with Crippen LogP contribution in [-0.2, 0) is 19.4 Å². The Morgan fingerprint density at radius 3 is 2.29 bits per heavy atom. The second-order valence-corrected chi connectivity index (χ2v) is 9.63. The van der Waals surface area contributed by atoms with Gasteiger partial charge >= 0.3 is 6.03 Å². The van der Waals surface area contributed by atoms with Gasteiger partial charge in [0.2, 0.25) is 0 Å². The Kier molecular flexibility index (Phi) is 6.91. The maximum absolute atomic E-state index is 13.3. The summed E-state index contributed by atoms with van der Waals surface area (Å²) in [5.41, 5.74) is 4.63. The molecule has 3 aromatic carbocycles. The average Bonchev–Trinajstić information content (AvgIpc) is 2.87. The summed E-state index contributed by atoms with van der Waals surface area (Å²) in [6.07, 6.45) is 4.16. The molecule has 1 N–H and O–H groups in total. The fourth-order valence-electron chi connectivity index (χ4n) is 5.33. The van der Waals surface area contributed by atoms with Crippen LogP contribution in [0, 0.1) is 11.7 Å². The number of carbonyl (C=O) groups excluding carboxylic acids is 1. The number of piperidine rings is 1. The van der Waals surface area contributed by atoms with Crippen LogP contribution >= 0.6 is 0 Å². The van der Waals surface area contributed by atoms with Gasteiger partial charge in [-0.2, -0.15) is 0 Å². The Morgan fingerprint density at radius 2 is 1.56 bits per heavy atom. The smallest absolute Gasteiger partial charge is 0.316 e. The maximum atomic E-state index is 13.3. The molecule has 0 saturated carbocycles. The summed E-state index contributed by atoms with van der Waals surface area (Å²) in [5.74, 6) is 0.458. The number of benzene rings is 3. The Hall–Kier alpha value is -3.18. The van der Waals surface area contributed by atoms with Crippen molar-refractivity contribution in [1.82, 2.24) is 9.80 Å². The number of anilines is 1. The van der Waals surface area contributed by atoms with E-state index in [0.717, 1.165) is 51.0 Å². The third-order valence-corrected chi connectivity index (χ3v) is 7.26. The first kappa shape index (κ1) is 22.6. The largest absolute Gasteiger partial charge is 0.322 e. The standard InChI is InChI=1S/C29H32FN3O/c30-26-12-10-22(11-13-26)18-23-14-16-32(17-15-23)21-28-19-24-6-4-5-7-25(24)20-33(28)29(34)31-27-8-2-1-3-9-27/h1-13,23,28H,14-21H2,(H,31,34). The van der Waals surface area contributed by atoms with Gasteiger partial charge in [0.05, 0.1) is 6.04 Å². The van der Waals surface area contributed by atoms with E-state index in [2.05, 4.69) is 34.5 Å². The molecule has 0 aromatic heterocycles. The van der Waals surface area contributed by atoms with Crippen LogP contribution in [0.2, 0.25) is 0 Å². The van der Waals surface area contributed by atoms with Crippen LogP contribution in [0.5, 0.6) is 0 Å². The molecule has 1 fully saturated rings. The van der Waals surface area contributed by atoms with Gasteiger partial charge in [0, 0.05) is 18.8 Å². The van der Waals surface area contributed by atoms with Gasteiger partial charge in [-0.1, -0.05) is 54.6 Å². The maximum Gasteiger partial charge on any atom is 0.322 e. The van der Waals surface area contributed by atoms with Crippen LogP contribution in [0.4, 0.5) is 14.9 Å². The number of nitrogens with zero attached hydrogens (tertiary/aromatic N) is 2. The van der Waals surface area contributed by atoms with Crippen LogP contribution < -0.4 is 5.32 Å². The van der Waals surface area contributed by atoms with Crippen molar-refractivity contribution in [3.05, 3.63) is 101 Å². The highest BCUT2D eigenvalue weighted by Gasteiger charge is 2.32. The van der Waals surface area contributed by atoms with Gasteiger partial charge in [-0.15, -0.1) is 0 Å². The summed E-state index contributed by atoms with van der Waals surface area (Å²) in [4.78, 5) is 17.8. The molecule has 1 atom stereocenters. The van der Waals surface area contributed by atoms with Gasteiger partial charge in [-0.25, -0.2) is 9.18 Å². The van der Waals surface area contributed by atoms with E-state index < -0.39 is 0 Å². The van der Waals surface area contributed by atoms with E-state index >= 15 is 0 Å². The molecule has 2 heterocycles. The molecule has 5 rings (SSSR count). The van der Waals surface area contributed by atoms with Gasteiger partial charge in [0.1, 0.15) is 5.82 Å². The molecular weight excluding hydrogens is 425 g/mol. The molecular formula is C29H32FN3O. The second-order valence-electron chi connectivity index (χ2n) is 9.63. The van der Waals surface area contributed by atoms with E-state index in [1.165, 1.54) is 16.7 Å². The van der Waals surface area contributed by atoms with Crippen molar-refractivity contribution in [2.24, 2.45) is 5.92 Å². The van der Waals surface area contributed by atoms with Gasteiger partial charge in [0.25, 0.3) is 0 Å². The minimum atomic E-state index is -0.173. The van der Waals surface area contributed by atoms with E-state index in [9.17, 15) is 9.18 Å². The summed E-state index contributed by atoms with van der Waals surface area (Å²) < 4.78 is 13.2. The summed E-state index contributed by atoms with van der Waals surface area (Å²) in [7, 11) is 0. The summed E-state index contributed by atoms with van der Waals surface area (Å²) in [5, 5.41) is 3.09. The number of carbonyl (C=O) groups is 1. The molecule has 4 nitrogen and oxygen atoms in total. The van der Waals surface area contributed by atoms with Crippen LogP contribution in [0.3, 0.4) is 0 Å². The lowest BCUT2D eigenvalue weighted by atomic mass is 9.89. The fourth-order valence-corrected chi connectivity index (χ4v) is 5.33. The third kappa shape index (κ3) is 5.48. The monoisotopic (exact) mass is 457 g/mol. The Bertz CT molecular complexity index is 1090. The molecule has 1 saturated heterocycles. The predicted molar refractivity (Wildman–Crippen MR) is 134 cm³/mol. The molecule has 3 aromatic rings. The van der Waals surface area contributed by atoms with E-state index in [1.807, 2.05) is 47.4 Å². The van der Waals surface area contributed by atoms with Crippen molar-refractivity contribution in [3.8, 4) is 0 Å². The number of halogens is 1. The first-order chi connectivity index (χ1) is 16.6. The van der Waals surface area contributed by atoms with Crippen LogP contribution in [0.1, 0.15) is 29.5 Å². The van der Waals surface area contributed by atoms with Gasteiger partial charge in [0.15, 0.2) is 0 Å². The molecule has 0 radical (unpaired) electrons. The number of likely N-dealkylation sites (tertiary alicyclic amines) is 1. The fraction of sp³-hybridized carbons (Fsp3) is 0.345. The molecule has 1 unspecified atom stereocenters. The van der Waals surface area contributed by atoms with Crippen LogP contribution in [0.15, 0.2) is 78.9 Å². The van der Waals surface area contributed by atoms with Crippen molar-refractivity contribution in [2.45, 2.75) is 38.3 Å². The molecule has 2 aliphatic heterocycles. The number of urea groups is 1. The highest BCUT2D eigenvalue weighted by atomic mass is 19.1. The molecule has 0 spiro atoms. The lowest BCUT2D eigenvalue weighted by Gasteiger charge is -2.41. The van der Waals surface area contributed by atoms with Gasteiger partial charge in [-0.05, 0) is 85.6 Å². The zero-order valence-electron chi connectivity index (χ0n) is 19.5. The molecule has 0 aliphatic carbocycles. The zero-order chi connectivity index (χ0) is 23.3. The van der Waals surface area contributed by atoms with Crippen molar-refractivity contribution in [1.29, 1.82) is 0 Å². The third-order valence-electron chi connectivity index (χ3n) is 7.26. The first-order valence-corrected chi connectivity index (χ1v) is 12.3. The summed E-state index contributed by atoms with van der Waals surface area (Å²) in [6, 6.07) is 25.2. The number of para-hydroxylation sites is 1. The van der Waals surface area contributed by atoms with E-state index in [0.29, 0.717) is 12.5 Å². The van der Waals surface area contributed by atoms with Crippen molar-refractivity contribution in [2.75, 3.05) is 25.0 Å². The Morgan fingerprint density at radius 1 is 0.882 bits per heavy atom. The van der Waals surface area contributed by atoms with Crippen molar-refractivity contribution < 1.29 is 9.18 Å². The number of amides is 2. The minimum absolute atomic E-state index is 0.0306. The van der Waals surface area contributed by atoms with Crippen molar-refractivity contribution in [3.63, 3.8) is 0 Å². The molecule has 0 bridgehead atoms. The van der Waals surface area contributed by atoms with E-state index in [4.69, 9.17) is 0 Å². The number of rotatable bonds is 5. The first-order valence-electron chi connectivity index (χ1n) is 12.3. The van der Waals surface area contributed by atoms with Crippen molar-refractivity contribution >= 4 is 11.7 Å². The quantitative estimate of drug-likeness (QED) is 0.530. The Labute approximate surface area is 201 Å². The molecule has 34 heavy (non-hydrogen) atoms.